The lowest BCUT2D eigenvalue weighted by Gasteiger charge is -2.19. The number of fused-ring (bicyclic) bond motifs is 1. The quantitative estimate of drug-likeness (QED) is 0.172. The van der Waals surface area contributed by atoms with E-state index in [2.05, 4.69) is 10.1 Å². The second-order valence-electron chi connectivity index (χ2n) is 7.74. The number of nitrogens with zero attached hydrogens (tertiary/aromatic N) is 4. The van der Waals surface area contributed by atoms with Gasteiger partial charge in [-0.05, 0) is 54.2 Å². The van der Waals surface area contributed by atoms with Crippen molar-refractivity contribution >= 4 is 56.6 Å². The third-order valence-corrected chi connectivity index (χ3v) is 7.34. The molecule has 0 aliphatic carbocycles. The monoisotopic (exact) mass is 549 g/mol. The summed E-state index contributed by atoms with van der Waals surface area (Å²) in [5.41, 5.74) is 0.0578. The normalized spacial score (nSPS) is 15.8. The predicted octanol–water partition coefficient (Wildman–Crippen LogP) is 5.25. The molecular formula is C25H19N5O6S2. The van der Waals surface area contributed by atoms with E-state index in [1.165, 1.54) is 53.9 Å². The highest BCUT2D eigenvalue weighted by molar-refractivity contribution is 8.45. The first-order valence-corrected chi connectivity index (χ1v) is 13.0. The molecule has 1 aromatic heterocycles. The molecule has 3 heterocycles. The summed E-state index contributed by atoms with van der Waals surface area (Å²) in [6.45, 7) is 0.468. The highest BCUT2D eigenvalue weighted by atomic mass is 32.2. The second kappa shape index (κ2) is 10.9. The van der Waals surface area contributed by atoms with Gasteiger partial charge in [-0.25, -0.2) is 0 Å². The van der Waals surface area contributed by atoms with Crippen LogP contribution in [0.2, 0.25) is 0 Å². The van der Waals surface area contributed by atoms with Crippen molar-refractivity contribution in [3.8, 4) is 22.8 Å². The molecule has 13 heteroatoms. The first-order valence-electron chi connectivity index (χ1n) is 11.2. The van der Waals surface area contributed by atoms with E-state index in [-0.39, 0.29) is 34.2 Å². The van der Waals surface area contributed by atoms with Crippen LogP contribution in [0.15, 0.2) is 80.7 Å². The van der Waals surface area contributed by atoms with Gasteiger partial charge in [-0.1, -0.05) is 30.0 Å². The van der Waals surface area contributed by atoms with E-state index in [0.717, 1.165) is 5.75 Å². The van der Waals surface area contributed by atoms with E-state index < -0.39 is 10.8 Å². The number of nitrogens with one attached hydrogen (secondary N) is 1. The minimum atomic E-state index is -0.601. The molecule has 0 fully saturated rings. The highest BCUT2D eigenvalue weighted by Gasteiger charge is 2.36. The van der Waals surface area contributed by atoms with Crippen LogP contribution in [-0.4, -0.2) is 50.7 Å². The van der Waals surface area contributed by atoms with Gasteiger partial charge < -0.3 is 13.9 Å². The lowest BCUT2D eigenvalue weighted by molar-refractivity contribution is -0.384. The van der Waals surface area contributed by atoms with E-state index in [0.29, 0.717) is 27.7 Å². The Bertz CT molecular complexity index is 1520. The molecule has 2 aromatic carbocycles. The Morgan fingerprint density at radius 3 is 2.76 bits per heavy atom. The summed E-state index contributed by atoms with van der Waals surface area (Å²) in [5.74, 6) is 1.47. The molecule has 0 saturated carbocycles. The van der Waals surface area contributed by atoms with Crippen LogP contribution in [0.4, 0.5) is 5.69 Å². The van der Waals surface area contributed by atoms with Gasteiger partial charge in [-0.15, -0.1) is 5.10 Å². The molecule has 0 bridgehead atoms. The number of nitro benzene ring substituents is 1. The Labute approximate surface area is 224 Å². The van der Waals surface area contributed by atoms with Crippen molar-refractivity contribution in [2.45, 2.75) is 0 Å². The van der Waals surface area contributed by atoms with Crippen LogP contribution in [0.25, 0.3) is 17.4 Å². The minimum absolute atomic E-state index is 0.0121. The molecule has 0 unspecified atom stereocenters. The fourth-order valence-electron chi connectivity index (χ4n) is 3.55. The molecule has 192 valence electrons. The first kappa shape index (κ1) is 25.3. The second-order valence-corrected chi connectivity index (χ2v) is 10.0. The van der Waals surface area contributed by atoms with Crippen molar-refractivity contribution in [3.63, 3.8) is 0 Å². The molecule has 2 aliphatic rings. The van der Waals surface area contributed by atoms with E-state index in [1.54, 1.807) is 18.2 Å². The Kier molecular flexibility index (Phi) is 7.29. The molecule has 5 rings (SSSR count). The molecule has 1 amide bonds. The number of nitro groups is 1. The minimum Gasteiger partial charge on any atom is -0.497 e. The maximum absolute atomic E-state index is 12.7. The smallest absolute Gasteiger partial charge is 0.284 e. The standard InChI is InChI=1S/C25H19N5O6S2/c1-34-16-7-9-18(20(14-16)30(32)33)21-10-8-17(36-21)13-19-22(26)29-24(27-23(19)31)38-25(28-29)37-12-11-35-15-5-3-2-4-6-15/h2-10,13-14,26H,11-12H2,1H3/b19-13-,26-22?. The zero-order valence-electron chi connectivity index (χ0n) is 19.8. The summed E-state index contributed by atoms with van der Waals surface area (Å²) in [6, 6.07) is 17.0. The van der Waals surface area contributed by atoms with Crippen molar-refractivity contribution in [2.75, 3.05) is 19.5 Å². The molecule has 0 radical (unpaired) electrons. The van der Waals surface area contributed by atoms with Gasteiger partial charge >= 0.3 is 0 Å². The number of para-hydroxylation sites is 1. The van der Waals surface area contributed by atoms with Crippen molar-refractivity contribution in [2.24, 2.45) is 10.1 Å². The maximum atomic E-state index is 12.7. The maximum Gasteiger partial charge on any atom is 0.284 e. The average molecular weight is 550 g/mol. The summed E-state index contributed by atoms with van der Waals surface area (Å²) in [6.07, 6.45) is 1.38. The van der Waals surface area contributed by atoms with Crippen LogP contribution in [0.1, 0.15) is 5.76 Å². The number of amidine groups is 2. The number of hydrogen-bond acceptors (Lipinski definition) is 10. The Balaban J connectivity index is 1.29. The van der Waals surface area contributed by atoms with E-state index in [4.69, 9.17) is 19.3 Å². The van der Waals surface area contributed by atoms with Crippen LogP contribution in [0.5, 0.6) is 11.5 Å². The number of aliphatic imine (C=N–C) groups is 1. The van der Waals surface area contributed by atoms with Crippen molar-refractivity contribution in [1.29, 1.82) is 5.41 Å². The number of hydrogen-bond donors (Lipinski definition) is 1. The molecule has 0 spiro atoms. The first-order chi connectivity index (χ1) is 18.4. The van der Waals surface area contributed by atoms with E-state index >= 15 is 0 Å². The highest BCUT2D eigenvalue weighted by Crippen LogP contribution is 2.36. The molecule has 0 saturated heterocycles. The van der Waals surface area contributed by atoms with E-state index in [9.17, 15) is 14.9 Å². The number of ether oxygens (including phenoxy) is 2. The van der Waals surface area contributed by atoms with Gasteiger partial charge in [0.25, 0.3) is 11.6 Å². The van der Waals surface area contributed by atoms with Crippen molar-refractivity contribution in [1.82, 2.24) is 5.01 Å². The van der Waals surface area contributed by atoms with Gasteiger partial charge in [0.1, 0.15) is 23.0 Å². The van der Waals surface area contributed by atoms with Crippen LogP contribution in [0.3, 0.4) is 0 Å². The van der Waals surface area contributed by atoms with Gasteiger partial charge in [-0.2, -0.15) is 10.0 Å². The molecule has 38 heavy (non-hydrogen) atoms. The average Bonchev–Trinajstić information content (AvgIpc) is 3.56. The largest absolute Gasteiger partial charge is 0.497 e. The number of furan rings is 1. The third-order valence-electron chi connectivity index (χ3n) is 5.34. The van der Waals surface area contributed by atoms with Crippen molar-refractivity contribution in [3.05, 3.63) is 82.1 Å². The zero-order valence-corrected chi connectivity index (χ0v) is 21.5. The van der Waals surface area contributed by atoms with Crippen LogP contribution in [-0.2, 0) is 4.79 Å². The van der Waals surface area contributed by atoms with Gasteiger partial charge in [0.15, 0.2) is 10.2 Å². The fourth-order valence-corrected chi connectivity index (χ4v) is 5.37. The number of amides is 1. The Morgan fingerprint density at radius 2 is 2.00 bits per heavy atom. The molecule has 11 nitrogen and oxygen atoms in total. The van der Waals surface area contributed by atoms with Gasteiger partial charge in [0, 0.05) is 5.75 Å². The number of thioether (sulfide) groups is 2. The number of carbonyl (C=O) groups is 1. The predicted molar refractivity (Wildman–Crippen MR) is 147 cm³/mol. The summed E-state index contributed by atoms with van der Waals surface area (Å²) in [4.78, 5) is 27.8. The third kappa shape index (κ3) is 5.33. The summed E-state index contributed by atoms with van der Waals surface area (Å²) >= 11 is 2.65. The van der Waals surface area contributed by atoms with Crippen molar-refractivity contribution < 1.29 is 23.6 Å². The summed E-state index contributed by atoms with van der Waals surface area (Å²) in [7, 11) is 1.42. The van der Waals surface area contributed by atoms with Gasteiger partial charge in [0.05, 0.1) is 35.8 Å². The Morgan fingerprint density at radius 1 is 1.18 bits per heavy atom. The SMILES string of the molecule is COc1ccc(-c2ccc(/C=C3/C(=N)N4N=C(SCCOc5ccccc5)SC4=NC3=O)o2)c([N+](=O)[O-])c1. The number of carbonyl (C=O) groups excluding carboxylic acids is 1. The zero-order chi connectivity index (χ0) is 26.6. The number of methoxy groups -OCH3 is 1. The van der Waals surface area contributed by atoms with Crippen LogP contribution >= 0.6 is 23.5 Å². The Hall–Kier alpha value is -4.36. The van der Waals surface area contributed by atoms with Gasteiger partial charge in [-0.3, -0.25) is 20.3 Å². The molecule has 1 N–H and O–H groups in total. The molecule has 2 aliphatic heterocycles. The number of hydrazone groups is 1. The number of benzene rings is 2. The number of rotatable bonds is 8. The van der Waals surface area contributed by atoms with E-state index in [1.807, 2.05) is 30.3 Å². The lowest BCUT2D eigenvalue weighted by atomic mass is 10.1. The molecule has 3 aromatic rings. The summed E-state index contributed by atoms with van der Waals surface area (Å²) < 4.78 is 17.2. The van der Waals surface area contributed by atoms with Crippen LogP contribution < -0.4 is 9.47 Å². The van der Waals surface area contributed by atoms with Gasteiger partial charge in [0.2, 0.25) is 5.17 Å². The summed E-state index contributed by atoms with van der Waals surface area (Å²) in [5, 5.41) is 26.1. The fraction of sp³-hybridized carbons (Fsp3) is 0.120. The lowest BCUT2D eigenvalue weighted by Crippen LogP contribution is -2.35. The topological polar surface area (TPSA) is 144 Å². The molecule has 0 atom stereocenters. The molecular weight excluding hydrogens is 530 g/mol. The van der Waals surface area contributed by atoms with Crippen LogP contribution in [0, 0.1) is 15.5 Å².